The molecular formula is C21H19N5O2S. The molecule has 0 radical (unpaired) electrons. The molecule has 0 saturated heterocycles. The van der Waals surface area contributed by atoms with Gasteiger partial charge in [-0.05, 0) is 36.2 Å². The quantitative estimate of drug-likeness (QED) is 0.532. The fourth-order valence-electron chi connectivity index (χ4n) is 2.95. The number of para-hydroxylation sites is 1. The van der Waals surface area contributed by atoms with Crippen LogP contribution in [0.3, 0.4) is 0 Å². The van der Waals surface area contributed by atoms with Crippen LogP contribution in [-0.2, 0) is 16.6 Å². The van der Waals surface area contributed by atoms with E-state index in [1.807, 2.05) is 41.1 Å². The lowest BCUT2D eigenvalue weighted by Gasteiger charge is -2.12. The molecule has 146 valence electrons. The number of nitrogens with one attached hydrogen (secondary N) is 1. The molecule has 4 rings (SSSR count). The topological polar surface area (TPSA) is 89.8 Å². The normalized spacial score (nSPS) is 11.5. The van der Waals surface area contributed by atoms with Gasteiger partial charge in [-0.1, -0.05) is 30.3 Å². The highest BCUT2D eigenvalue weighted by Gasteiger charge is 2.16. The standard InChI is InChI=1S/C21H19N5O2S/c1-16-23-12-19(13-24-16)17-6-4-7-20(11-17)29(27,28)25-14-18-5-2-3-8-21(18)26-10-9-22-15-26/h2-13,15,25H,14H2,1H3. The number of rotatable bonds is 6. The molecule has 8 heteroatoms. The molecule has 4 aromatic rings. The number of hydrogen-bond acceptors (Lipinski definition) is 5. The van der Waals surface area contributed by atoms with Gasteiger partial charge in [0.05, 0.1) is 16.9 Å². The zero-order chi connectivity index (χ0) is 20.3. The molecule has 0 saturated carbocycles. The Labute approximate surface area is 169 Å². The predicted molar refractivity (Wildman–Crippen MR) is 110 cm³/mol. The van der Waals surface area contributed by atoms with E-state index in [-0.39, 0.29) is 11.4 Å². The summed E-state index contributed by atoms with van der Waals surface area (Å²) < 4.78 is 30.3. The average molecular weight is 405 g/mol. The number of hydrogen-bond donors (Lipinski definition) is 1. The summed E-state index contributed by atoms with van der Waals surface area (Å²) in [5, 5.41) is 0. The van der Waals surface area contributed by atoms with Gasteiger partial charge < -0.3 is 4.57 Å². The van der Waals surface area contributed by atoms with E-state index in [9.17, 15) is 8.42 Å². The maximum Gasteiger partial charge on any atom is 0.240 e. The van der Waals surface area contributed by atoms with Crippen molar-refractivity contribution in [2.45, 2.75) is 18.4 Å². The number of aryl methyl sites for hydroxylation is 1. The van der Waals surface area contributed by atoms with Crippen LogP contribution in [0, 0.1) is 6.92 Å². The first-order chi connectivity index (χ1) is 14.0. The van der Waals surface area contributed by atoms with E-state index in [0.29, 0.717) is 5.82 Å². The predicted octanol–water partition coefficient (Wildman–Crippen LogP) is 3.12. The molecule has 7 nitrogen and oxygen atoms in total. The van der Waals surface area contributed by atoms with E-state index in [1.54, 1.807) is 50.0 Å². The van der Waals surface area contributed by atoms with Gasteiger partial charge in [-0.2, -0.15) is 0 Å². The Balaban J connectivity index is 1.58. The molecule has 0 fully saturated rings. The molecule has 1 N–H and O–H groups in total. The zero-order valence-electron chi connectivity index (χ0n) is 15.7. The lowest BCUT2D eigenvalue weighted by Crippen LogP contribution is -2.24. The third-order valence-electron chi connectivity index (χ3n) is 4.49. The van der Waals surface area contributed by atoms with Gasteiger partial charge in [0.2, 0.25) is 10.0 Å². The minimum absolute atomic E-state index is 0.161. The molecular weight excluding hydrogens is 386 g/mol. The Morgan fingerprint density at radius 3 is 2.55 bits per heavy atom. The third kappa shape index (κ3) is 4.23. The fourth-order valence-corrected chi connectivity index (χ4v) is 4.01. The van der Waals surface area contributed by atoms with E-state index in [2.05, 4.69) is 19.7 Å². The SMILES string of the molecule is Cc1ncc(-c2cccc(S(=O)(=O)NCc3ccccc3-n3ccnc3)c2)cn1. The van der Waals surface area contributed by atoms with Crippen molar-refractivity contribution in [3.63, 3.8) is 0 Å². The van der Waals surface area contributed by atoms with Crippen molar-refractivity contribution < 1.29 is 8.42 Å². The minimum atomic E-state index is -3.70. The van der Waals surface area contributed by atoms with Gasteiger partial charge in [0.1, 0.15) is 5.82 Å². The highest BCUT2D eigenvalue weighted by Crippen LogP contribution is 2.22. The Bertz CT molecular complexity index is 1220. The van der Waals surface area contributed by atoms with Gasteiger partial charge in [-0.15, -0.1) is 0 Å². The summed E-state index contributed by atoms with van der Waals surface area (Å²) in [6.45, 7) is 1.96. The van der Waals surface area contributed by atoms with Crippen molar-refractivity contribution in [3.8, 4) is 16.8 Å². The average Bonchev–Trinajstić information content (AvgIpc) is 3.28. The molecule has 0 unspecified atom stereocenters. The maximum atomic E-state index is 12.9. The van der Waals surface area contributed by atoms with Crippen molar-refractivity contribution in [3.05, 3.63) is 91.0 Å². The van der Waals surface area contributed by atoms with E-state index < -0.39 is 10.0 Å². The summed E-state index contributed by atoms with van der Waals surface area (Å²) in [6, 6.07) is 14.3. The smallest absolute Gasteiger partial charge is 0.240 e. The highest BCUT2D eigenvalue weighted by molar-refractivity contribution is 7.89. The third-order valence-corrected chi connectivity index (χ3v) is 5.88. The second-order valence-corrected chi connectivity index (χ2v) is 8.24. The first-order valence-corrected chi connectivity index (χ1v) is 10.5. The molecule has 2 aromatic carbocycles. The van der Waals surface area contributed by atoms with Crippen molar-refractivity contribution in [2.24, 2.45) is 0 Å². The van der Waals surface area contributed by atoms with Gasteiger partial charge in [-0.3, -0.25) is 0 Å². The molecule has 29 heavy (non-hydrogen) atoms. The molecule has 0 amide bonds. The molecule has 0 aliphatic rings. The van der Waals surface area contributed by atoms with E-state index >= 15 is 0 Å². The number of nitrogens with zero attached hydrogens (tertiary/aromatic N) is 4. The highest BCUT2D eigenvalue weighted by atomic mass is 32.2. The minimum Gasteiger partial charge on any atom is -0.306 e. The molecule has 0 aliphatic heterocycles. The van der Waals surface area contributed by atoms with Crippen molar-refractivity contribution >= 4 is 10.0 Å². The van der Waals surface area contributed by atoms with Crippen LogP contribution in [0.2, 0.25) is 0 Å². The maximum absolute atomic E-state index is 12.9. The van der Waals surface area contributed by atoms with Gasteiger partial charge in [-0.25, -0.2) is 28.1 Å². The summed E-state index contributed by atoms with van der Waals surface area (Å²) in [5.74, 6) is 0.663. The molecule has 0 bridgehead atoms. The number of aromatic nitrogens is 4. The number of sulfonamides is 1. The van der Waals surface area contributed by atoms with Gasteiger partial charge in [0.25, 0.3) is 0 Å². The van der Waals surface area contributed by atoms with Crippen LogP contribution in [0.1, 0.15) is 11.4 Å². The van der Waals surface area contributed by atoms with Crippen LogP contribution in [-0.4, -0.2) is 27.9 Å². The van der Waals surface area contributed by atoms with Crippen molar-refractivity contribution in [1.82, 2.24) is 24.2 Å². The molecule has 2 heterocycles. The Hall–Kier alpha value is -3.36. The summed E-state index contributed by atoms with van der Waals surface area (Å²) in [4.78, 5) is 12.6. The van der Waals surface area contributed by atoms with Crippen LogP contribution in [0.4, 0.5) is 0 Å². The second-order valence-electron chi connectivity index (χ2n) is 6.47. The van der Waals surface area contributed by atoms with Crippen LogP contribution < -0.4 is 4.72 Å². The van der Waals surface area contributed by atoms with Crippen LogP contribution in [0.15, 0.2) is 84.5 Å². The first kappa shape index (κ1) is 19.0. The second kappa shape index (κ2) is 7.94. The molecule has 0 atom stereocenters. The largest absolute Gasteiger partial charge is 0.306 e. The first-order valence-electron chi connectivity index (χ1n) is 8.98. The van der Waals surface area contributed by atoms with Crippen molar-refractivity contribution in [1.29, 1.82) is 0 Å². The van der Waals surface area contributed by atoms with Gasteiger partial charge in [0.15, 0.2) is 0 Å². The Morgan fingerprint density at radius 1 is 1.00 bits per heavy atom. The summed E-state index contributed by atoms with van der Waals surface area (Å²) in [6.07, 6.45) is 8.55. The monoisotopic (exact) mass is 405 g/mol. The summed E-state index contributed by atoms with van der Waals surface area (Å²) in [5.41, 5.74) is 3.22. The van der Waals surface area contributed by atoms with Gasteiger partial charge in [0, 0.05) is 36.9 Å². The zero-order valence-corrected chi connectivity index (χ0v) is 16.5. The molecule has 0 aliphatic carbocycles. The van der Waals surface area contributed by atoms with Crippen molar-refractivity contribution in [2.75, 3.05) is 0 Å². The molecule has 0 spiro atoms. The molecule has 2 aromatic heterocycles. The summed E-state index contributed by atoms with van der Waals surface area (Å²) in [7, 11) is -3.70. The fraction of sp³-hybridized carbons (Fsp3) is 0.0952. The number of imidazole rings is 1. The van der Waals surface area contributed by atoms with E-state index in [1.165, 1.54) is 0 Å². The summed E-state index contributed by atoms with van der Waals surface area (Å²) >= 11 is 0. The van der Waals surface area contributed by atoms with Gasteiger partial charge >= 0.3 is 0 Å². The van der Waals surface area contributed by atoms with E-state index in [0.717, 1.165) is 22.4 Å². The van der Waals surface area contributed by atoms with E-state index in [4.69, 9.17) is 0 Å². The lowest BCUT2D eigenvalue weighted by atomic mass is 10.1. The Morgan fingerprint density at radius 2 is 1.79 bits per heavy atom. The van der Waals surface area contributed by atoms with Crippen LogP contribution in [0.25, 0.3) is 16.8 Å². The van der Waals surface area contributed by atoms with Crippen LogP contribution in [0.5, 0.6) is 0 Å². The van der Waals surface area contributed by atoms with Crippen LogP contribution >= 0.6 is 0 Å². The Kier molecular flexibility index (Phi) is 5.20. The lowest BCUT2D eigenvalue weighted by molar-refractivity contribution is 0.581. The number of benzene rings is 2.